The van der Waals surface area contributed by atoms with Gasteiger partial charge >= 0.3 is 0 Å². The molecule has 1 aliphatic rings. The third kappa shape index (κ3) is 3.23. The number of thiocarbonyl (C=S) groups is 1. The van der Waals surface area contributed by atoms with Gasteiger partial charge in [-0.1, -0.05) is 0 Å². The maximum absolute atomic E-state index is 5.13. The van der Waals surface area contributed by atoms with Gasteiger partial charge in [-0.2, -0.15) is 0 Å². The molecule has 0 unspecified atom stereocenters. The highest BCUT2D eigenvalue weighted by atomic mass is 32.1. The Hall–Kier alpha value is -1.49. The molecular formula is C12H17N3OS. The number of hydrogen-bond donors (Lipinski definition) is 3. The van der Waals surface area contributed by atoms with Gasteiger partial charge in [-0.25, -0.2) is 0 Å². The van der Waals surface area contributed by atoms with E-state index in [2.05, 4.69) is 22.9 Å². The number of rotatable bonds is 3. The van der Waals surface area contributed by atoms with Gasteiger partial charge in [-0.15, -0.1) is 0 Å². The second-order valence-corrected chi connectivity index (χ2v) is 4.59. The van der Waals surface area contributed by atoms with E-state index >= 15 is 0 Å². The van der Waals surface area contributed by atoms with Crippen molar-refractivity contribution in [1.29, 1.82) is 0 Å². The molecular weight excluding hydrogens is 234 g/mol. The van der Waals surface area contributed by atoms with Gasteiger partial charge in [-0.3, -0.25) is 0 Å². The van der Waals surface area contributed by atoms with E-state index < -0.39 is 0 Å². The molecule has 92 valence electrons. The summed E-state index contributed by atoms with van der Waals surface area (Å²) in [5.41, 5.74) is 1.06. The van der Waals surface area contributed by atoms with Gasteiger partial charge in [0.1, 0.15) is 11.9 Å². The molecule has 0 amide bonds. The summed E-state index contributed by atoms with van der Waals surface area (Å²) in [6.07, 6.45) is 1.15. The maximum Gasteiger partial charge on any atom is 0.168 e. The van der Waals surface area contributed by atoms with Crippen molar-refractivity contribution >= 4 is 23.0 Å². The molecule has 17 heavy (non-hydrogen) atoms. The Morgan fingerprint density at radius 3 is 2.59 bits per heavy atom. The zero-order chi connectivity index (χ0) is 12.3. The minimum Gasteiger partial charge on any atom is -0.497 e. The van der Waals surface area contributed by atoms with Crippen LogP contribution in [0, 0.1) is 0 Å². The molecule has 2 atom stereocenters. The van der Waals surface area contributed by atoms with Crippen LogP contribution in [0.5, 0.6) is 5.75 Å². The van der Waals surface area contributed by atoms with Crippen molar-refractivity contribution in [3.63, 3.8) is 0 Å². The van der Waals surface area contributed by atoms with Gasteiger partial charge in [0.05, 0.1) is 7.11 Å². The summed E-state index contributed by atoms with van der Waals surface area (Å²) in [4.78, 5) is 0. The maximum atomic E-state index is 5.13. The molecule has 0 aliphatic carbocycles. The van der Waals surface area contributed by atoms with Gasteiger partial charge in [0, 0.05) is 18.2 Å². The van der Waals surface area contributed by atoms with Gasteiger partial charge in [-0.05, 0) is 43.4 Å². The van der Waals surface area contributed by atoms with E-state index in [-0.39, 0.29) is 6.17 Å². The SMILES string of the molecule is COc1ccc(N[C@@H]2C[C@H](C)NC(=S)N2)cc1. The van der Waals surface area contributed by atoms with E-state index in [1.807, 2.05) is 24.3 Å². The number of ether oxygens (including phenoxy) is 1. The fraction of sp³-hybridized carbons (Fsp3) is 0.417. The zero-order valence-electron chi connectivity index (χ0n) is 9.99. The lowest BCUT2D eigenvalue weighted by Gasteiger charge is -2.32. The molecule has 1 aromatic rings. The average Bonchev–Trinajstić information content (AvgIpc) is 2.28. The zero-order valence-corrected chi connectivity index (χ0v) is 10.8. The lowest BCUT2D eigenvalue weighted by atomic mass is 10.1. The van der Waals surface area contributed by atoms with E-state index in [1.165, 1.54) is 0 Å². The number of benzene rings is 1. The largest absolute Gasteiger partial charge is 0.497 e. The minimum atomic E-state index is 0.173. The molecule has 0 aromatic heterocycles. The van der Waals surface area contributed by atoms with Crippen LogP contribution in [0.25, 0.3) is 0 Å². The first kappa shape index (κ1) is 12.0. The standard InChI is InChI=1S/C12H17N3OS/c1-8-7-11(15-12(17)13-8)14-9-3-5-10(16-2)6-4-9/h3-6,8,11,14H,7H2,1-2H3,(H2,13,15,17)/t8-,11-/m0/s1. The van der Waals surface area contributed by atoms with E-state index in [4.69, 9.17) is 17.0 Å². The van der Waals surface area contributed by atoms with Gasteiger partial charge < -0.3 is 20.7 Å². The first-order valence-electron chi connectivity index (χ1n) is 5.65. The Kier molecular flexibility index (Phi) is 3.68. The highest BCUT2D eigenvalue weighted by Crippen LogP contribution is 2.16. The van der Waals surface area contributed by atoms with E-state index in [0.29, 0.717) is 11.2 Å². The summed E-state index contributed by atoms with van der Waals surface area (Å²) in [6.45, 7) is 2.12. The summed E-state index contributed by atoms with van der Waals surface area (Å²) in [6, 6.07) is 8.25. The van der Waals surface area contributed by atoms with Crippen LogP contribution in [0.15, 0.2) is 24.3 Å². The second-order valence-electron chi connectivity index (χ2n) is 4.18. The number of hydrogen-bond acceptors (Lipinski definition) is 3. The second kappa shape index (κ2) is 5.23. The summed E-state index contributed by atoms with van der Waals surface area (Å²) >= 11 is 5.13. The summed E-state index contributed by atoms with van der Waals surface area (Å²) in [5, 5.41) is 10.5. The molecule has 0 spiro atoms. The van der Waals surface area contributed by atoms with Crippen molar-refractivity contribution in [2.45, 2.75) is 25.6 Å². The Labute approximate surface area is 107 Å². The fourth-order valence-corrected chi connectivity index (χ4v) is 2.22. The molecule has 1 fully saturated rings. The van der Waals surface area contributed by atoms with Gasteiger partial charge in [0.15, 0.2) is 5.11 Å². The van der Waals surface area contributed by atoms with E-state index in [9.17, 15) is 0 Å². The normalized spacial score (nSPS) is 23.5. The van der Waals surface area contributed by atoms with Crippen LogP contribution in [-0.4, -0.2) is 24.4 Å². The Bertz CT molecular complexity index is 393. The van der Waals surface area contributed by atoms with E-state index in [0.717, 1.165) is 17.9 Å². The van der Waals surface area contributed by atoms with Crippen LogP contribution in [0.1, 0.15) is 13.3 Å². The molecule has 0 bridgehead atoms. The lowest BCUT2D eigenvalue weighted by molar-refractivity contribution is 0.415. The molecule has 0 saturated carbocycles. The van der Waals surface area contributed by atoms with Crippen molar-refractivity contribution in [2.75, 3.05) is 12.4 Å². The van der Waals surface area contributed by atoms with Crippen LogP contribution in [0.2, 0.25) is 0 Å². The quantitative estimate of drug-likeness (QED) is 0.714. The van der Waals surface area contributed by atoms with Crippen LogP contribution in [-0.2, 0) is 0 Å². The summed E-state index contributed by atoms with van der Waals surface area (Å²) in [7, 11) is 1.66. The molecule has 5 heteroatoms. The van der Waals surface area contributed by atoms with Gasteiger partial charge in [0.25, 0.3) is 0 Å². The smallest absolute Gasteiger partial charge is 0.168 e. The Balaban J connectivity index is 1.97. The molecule has 2 rings (SSSR count). The highest BCUT2D eigenvalue weighted by molar-refractivity contribution is 7.80. The Morgan fingerprint density at radius 1 is 1.29 bits per heavy atom. The number of nitrogens with one attached hydrogen (secondary N) is 3. The topological polar surface area (TPSA) is 45.3 Å². The predicted octanol–water partition coefficient (Wildman–Crippen LogP) is 1.69. The minimum absolute atomic E-state index is 0.173. The molecule has 3 N–H and O–H groups in total. The molecule has 4 nitrogen and oxygen atoms in total. The summed E-state index contributed by atoms with van der Waals surface area (Å²) < 4.78 is 5.12. The average molecular weight is 251 g/mol. The van der Waals surface area contributed by atoms with Crippen molar-refractivity contribution in [2.24, 2.45) is 0 Å². The van der Waals surface area contributed by atoms with Crippen molar-refractivity contribution in [3.05, 3.63) is 24.3 Å². The number of methoxy groups -OCH3 is 1. The highest BCUT2D eigenvalue weighted by Gasteiger charge is 2.19. The molecule has 1 aliphatic heterocycles. The van der Waals surface area contributed by atoms with Crippen LogP contribution < -0.4 is 20.7 Å². The monoisotopic (exact) mass is 251 g/mol. The lowest BCUT2D eigenvalue weighted by Crippen LogP contribution is -2.55. The third-order valence-electron chi connectivity index (χ3n) is 2.70. The summed E-state index contributed by atoms with van der Waals surface area (Å²) in [5.74, 6) is 0.859. The van der Waals surface area contributed by atoms with Crippen molar-refractivity contribution < 1.29 is 4.74 Å². The first-order chi connectivity index (χ1) is 8.17. The van der Waals surface area contributed by atoms with Crippen molar-refractivity contribution in [3.8, 4) is 5.75 Å². The molecule has 0 radical (unpaired) electrons. The van der Waals surface area contributed by atoms with Crippen LogP contribution in [0.4, 0.5) is 5.69 Å². The molecule has 1 aromatic carbocycles. The number of anilines is 1. The van der Waals surface area contributed by atoms with Gasteiger partial charge in [0.2, 0.25) is 0 Å². The predicted molar refractivity (Wildman–Crippen MR) is 73.4 cm³/mol. The van der Waals surface area contributed by atoms with Crippen LogP contribution >= 0.6 is 12.2 Å². The third-order valence-corrected chi connectivity index (χ3v) is 2.94. The molecule has 1 saturated heterocycles. The van der Waals surface area contributed by atoms with Crippen LogP contribution in [0.3, 0.4) is 0 Å². The Morgan fingerprint density at radius 2 is 2.00 bits per heavy atom. The molecule has 1 heterocycles. The fourth-order valence-electron chi connectivity index (χ4n) is 1.88. The first-order valence-corrected chi connectivity index (χ1v) is 6.06. The van der Waals surface area contributed by atoms with Crippen molar-refractivity contribution in [1.82, 2.24) is 10.6 Å². The van der Waals surface area contributed by atoms with E-state index in [1.54, 1.807) is 7.11 Å².